The molecule has 0 aliphatic carbocycles. The molecule has 0 aliphatic heterocycles. The lowest BCUT2D eigenvalue weighted by molar-refractivity contribution is 0.422. The quantitative estimate of drug-likeness (QED) is 0.771. The van der Waals surface area contributed by atoms with E-state index in [0.717, 1.165) is 24.8 Å². The topological polar surface area (TPSA) is 46.2 Å². The van der Waals surface area contributed by atoms with Gasteiger partial charge in [-0.1, -0.05) is 25.5 Å². The van der Waals surface area contributed by atoms with Gasteiger partial charge in [0.2, 0.25) is 0 Å². The Kier molecular flexibility index (Phi) is 3.53. The Morgan fingerprint density at radius 1 is 1.43 bits per heavy atom. The average molecular weight is 193 g/mol. The first-order chi connectivity index (χ1) is 6.53. The summed E-state index contributed by atoms with van der Waals surface area (Å²) in [5, 5.41) is 9.30. The second-order valence-electron chi connectivity index (χ2n) is 4.25. The molecule has 1 rings (SSSR count). The molecule has 0 spiro atoms. The molecule has 1 aromatic rings. The maximum absolute atomic E-state index is 9.30. The predicted molar refractivity (Wildman–Crippen MR) is 59.3 cm³/mol. The minimum absolute atomic E-state index is 0.164. The monoisotopic (exact) mass is 193 g/mol. The Hall–Kier alpha value is -1.02. The van der Waals surface area contributed by atoms with Gasteiger partial charge < -0.3 is 10.8 Å². The van der Waals surface area contributed by atoms with Crippen LogP contribution in [0.4, 0.5) is 0 Å². The zero-order valence-electron chi connectivity index (χ0n) is 8.96. The van der Waals surface area contributed by atoms with E-state index in [2.05, 4.69) is 13.8 Å². The van der Waals surface area contributed by atoms with Gasteiger partial charge in [-0.05, 0) is 37.5 Å². The van der Waals surface area contributed by atoms with E-state index in [-0.39, 0.29) is 5.54 Å². The van der Waals surface area contributed by atoms with Gasteiger partial charge in [-0.15, -0.1) is 0 Å². The lowest BCUT2D eigenvalue weighted by Gasteiger charge is -2.24. The highest BCUT2D eigenvalue weighted by Gasteiger charge is 2.17. The zero-order valence-corrected chi connectivity index (χ0v) is 8.96. The molecular formula is C12H19NO. The van der Waals surface area contributed by atoms with Crippen molar-refractivity contribution in [3.8, 4) is 5.75 Å². The number of benzene rings is 1. The van der Waals surface area contributed by atoms with Crippen molar-refractivity contribution >= 4 is 0 Å². The number of hydrogen-bond acceptors (Lipinski definition) is 2. The molecular weight excluding hydrogens is 174 g/mol. The van der Waals surface area contributed by atoms with Crippen LogP contribution in [-0.2, 0) is 6.42 Å². The fourth-order valence-corrected chi connectivity index (χ4v) is 1.79. The maximum atomic E-state index is 9.30. The van der Waals surface area contributed by atoms with Crippen LogP contribution >= 0.6 is 0 Å². The lowest BCUT2D eigenvalue weighted by Crippen LogP contribution is -2.38. The third-order valence-electron chi connectivity index (χ3n) is 2.34. The Morgan fingerprint density at radius 3 is 2.71 bits per heavy atom. The lowest BCUT2D eigenvalue weighted by atomic mass is 9.89. The van der Waals surface area contributed by atoms with E-state index in [1.807, 2.05) is 12.1 Å². The Bertz CT molecular complexity index is 294. The largest absolute Gasteiger partial charge is 0.508 e. The first-order valence-corrected chi connectivity index (χ1v) is 5.10. The Balaban J connectivity index is 2.68. The van der Waals surface area contributed by atoms with E-state index >= 15 is 0 Å². The van der Waals surface area contributed by atoms with E-state index in [4.69, 9.17) is 5.73 Å². The van der Waals surface area contributed by atoms with Crippen molar-refractivity contribution in [2.45, 2.75) is 38.6 Å². The number of nitrogens with two attached hydrogens (primary N) is 1. The van der Waals surface area contributed by atoms with Crippen LogP contribution in [-0.4, -0.2) is 10.6 Å². The molecule has 14 heavy (non-hydrogen) atoms. The summed E-state index contributed by atoms with van der Waals surface area (Å²) < 4.78 is 0. The molecule has 0 amide bonds. The van der Waals surface area contributed by atoms with Gasteiger partial charge >= 0.3 is 0 Å². The van der Waals surface area contributed by atoms with Crippen molar-refractivity contribution < 1.29 is 5.11 Å². The van der Waals surface area contributed by atoms with Crippen LogP contribution in [0.15, 0.2) is 24.3 Å². The van der Waals surface area contributed by atoms with Crippen molar-refractivity contribution in [3.05, 3.63) is 29.8 Å². The maximum Gasteiger partial charge on any atom is 0.115 e. The van der Waals surface area contributed by atoms with E-state index in [0.29, 0.717) is 5.75 Å². The van der Waals surface area contributed by atoms with E-state index < -0.39 is 0 Å². The minimum Gasteiger partial charge on any atom is -0.508 e. The third-order valence-corrected chi connectivity index (χ3v) is 2.34. The van der Waals surface area contributed by atoms with Crippen LogP contribution < -0.4 is 5.73 Å². The highest BCUT2D eigenvalue weighted by atomic mass is 16.3. The van der Waals surface area contributed by atoms with Gasteiger partial charge in [0.1, 0.15) is 5.75 Å². The van der Waals surface area contributed by atoms with Crippen LogP contribution in [0.3, 0.4) is 0 Å². The van der Waals surface area contributed by atoms with Crippen LogP contribution in [0.25, 0.3) is 0 Å². The molecule has 0 saturated carbocycles. The second-order valence-corrected chi connectivity index (χ2v) is 4.25. The summed E-state index contributed by atoms with van der Waals surface area (Å²) in [6.07, 6.45) is 2.91. The van der Waals surface area contributed by atoms with Crippen LogP contribution in [0.5, 0.6) is 5.75 Å². The van der Waals surface area contributed by atoms with Gasteiger partial charge in [0.15, 0.2) is 0 Å². The van der Waals surface area contributed by atoms with Gasteiger partial charge in [0.25, 0.3) is 0 Å². The Labute approximate surface area is 85.8 Å². The van der Waals surface area contributed by atoms with Gasteiger partial charge in [0.05, 0.1) is 0 Å². The summed E-state index contributed by atoms with van der Waals surface area (Å²) in [5.41, 5.74) is 7.06. The van der Waals surface area contributed by atoms with E-state index in [1.165, 1.54) is 0 Å². The van der Waals surface area contributed by atoms with Crippen LogP contribution in [0, 0.1) is 0 Å². The van der Waals surface area contributed by atoms with Crippen LogP contribution in [0.1, 0.15) is 32.3 Å². The number of phenols is 1. The summed E-state index contributed by atoms with van der Waals surface area (Å²) in [5.74, 6) is 0.315. The highest BCUT2D eigenvalue weighted by molar-refractivity contribution is 5.28. The normalized spacial score (nSPS) is 15.1. The minimum atomic E-state index is -0.164. The standard InChI is InChI=1S/C12H19NO/c1-3-7-12(2,13)9-10-5-4-6-11(14)8-10/h4-6,8,14H,3,7,9,13H2,1-2H3. The molecule has 1 aromatic carbocycles. The first-order valence-electron chi connectivity index (χ1n) is 5.10. The van der Waals surface area contributed by atoms with Crippen molar-refractivity contribution in [1.82, 2.24) is 0 Å². The van der Waals surface area contributed by atoms with Gasteiger partial charge in [-0.3, -0.25) is 0 Å². The number of hydrogen-bond donors (Lipinski definition) is 2. The van der Waals surface area contributed by atoms with E-state index in [1.54, 1.807) is 12.1 Å². The second kappa shape index (κ2) is 4.47. The molecule has 0 radical (unpaired) electrons. The third kappa shape index (κ3) is 3.38. The molecule has 1 atom stereocenters. The summed E-state index contributed by atoms with van der Waals surface area (Å²) in [4.78, 5) is 0. The van der Waals surface area contributed by atoms with Crippen LogP contribution in [0.2, 0.25) is 0 Å². The Morgan fingerprint density at radius 2 is 2.14 bits per heavy atom. The number of aromatic hydroxyl groups is 1. The molecule has 0 aliphatic rings. The van der Waals surface area contributed by atoms with Crippen molar-refractivity contribution in [3.63, 3.8) is 0 Å². The fraction of sp³-hybridized carbons (Fsp3) is 0.500. The van der Waals surface area contributed by atoms with Gasteiger partial charge in [-0.2, -0.15) is 0 Å². The SMILES string of the molecule is CCCC(C)(N)Cc1cccc(O)c1. The van der Waals surface area contributed by atoms with Crippen molar-refractivity contribution in [2.24, 2.45) is 5.73 Å². The van der Waals surface area contributed by atoms with Gasteiger partial charge in [-0.25, -0.2) is 0 Å². The molecule has 2 heteroatoms. The highest BCUT2D eigenvalue weighted by Crippen LogP contribution is 2.18. The predicted octanol–water partition coefficient (Wildman–Crippen LogP) is 2.45. The molecule has 2 nitrogen and oxygen atoms in total. The molecule has 1 unspecified atom stereocenters. The average Bonchev–Trinajstić information content (AvgIpc) is 2.02. The first kappa shape index (κ1) is 11.1. The fourth-order valence-electron chi connectivity index (χ4n) is 1.79. The molecule has 0 saturated heterocycles. The van der Waals surface area contributed by atoms with Crippen molar-refractivity contribution in [2.75, 3.05) is 0 Å². The molecule has 0 aromatic heterocycles. The zero-order chi connectivity index (χ0) is 10.6. The summed E-state index contributed by atoms with van der Waals surface area (Å²) in [7, 11) is 0. The number of rotatable bonds is 4. The van der Waals surface area contributed by atoms with Gasteiger partial charge in [0, 0.05) is 5.54 Å². The van der Waals surface area contributed by atoms with Crippen molar-refractivity contribution in [1.29, 1.82) is 0 Å². The molecule has 3 N–H and O–H groups in total. The smallest absolute Gasteiger partial charge is 0.115 e. The summed E-state index contributed by atoms with van der Waals surface area (Å²) in [6.45, 7) is 4.19. The summed E-state index contributed by atoms with van der Waals surface area (Å²) >= 11 is 0. The molecule has 78 valence electrons. The molecule has 0 heterocycles. The van der Waals surface area contributed by atoms with E-state index in [9.17, 15) is 5.11 Å². The summed E-state index contributed by atoms with van der Waals surface area (Å²) in [6, 6.07) is 7.31. The molecule has 0 bridgehead atoms. The number of phenolic OH excluding ortho intramolecular Hbond substituents is 1. The molecule has 0 fully saturated rings.